The SMILES string of the molecule is COC(=O)[C@H](C)NCc1ccc(F)cc1. The lowest BCUT2D eigenvalue weighted by atomic mass is 10.2. The molecule has 0 aliphatic carbocycles. The molecule has 0 fully saturated rings. The molecule has 0 amide bonds. The van der Waals surface area contributed by atoms with Crippen molar-refractivity contribution in [2.75, 3.05) is 7.11 Å². The molecule has 1 N–H and O–H groups in total. The largest absolute Gasteiger partial charge is 0.468 e. The number of methoxy groups -OCH3 is 1. The Morgan fingerprint density at radius 3 is 2.60 bits per heavy atom. The Morgan fingerprint density at radius 2 is 2.07 bits per heavy atom. The van der Waals surface area contributed by atoms with Crippen LogP contribution in [0.2, 0.25) is 0 Å². The van der Waals surface area contributed by atoms with Crippen LogP contribution in [0.5, 0.6) is 0 Å². The monoisotopic (exact) mass is 211 g/mol. The summed E-state index contributed by atoms with van der Waals surface area (Å²) in [5, 5.41) is 2.97. The molecule has 1 rings (SSSR count). The second-order valence-corrected chi connectivity index (χ2v) is 3.25. The Labute approximate surface area is 88.2 Å². The number of esters is 1. The molecule has 0 radical (unpaired) electrons. The average molecular weight is 211 g/mol. The molecule has 1 aromatic carbocycles. The number of halogens is 1. The highest BCUT2D eigenvalue weighted by Crippen LogP contribution is 2.02. The van der Waals surface area contributed by atoms with Gasteiger partial charge in [0, 0.05) is 6.54 Å². The molecular weight excluding hydrogens is 197 g/mol. The van der Waals surface area contributed by atoms with Crippen LogP contribution in [0.25, 0.3) is 0 Å². The molecule has 0 saturated heterocycles. The average Bonchev–Trinajstić information content (AvgIpc) is 2.26. The number of hydrogen-bond donors (Lipinski definition) is 1. The van der Waals surface area contributed by atoms with Gasteiger partial charge in [-0.25, -0.2) is 4.39 Å². The van der Waals surface area contributed by atoms with E-state index in [0.717, 1.165) is 5.56 Å². The highest BCUT2D eigenvalue weighted by Gasteiger charge is 2.11. The third-order valence-corrected chi connectivity index (χ3v) is 2.08. The highest BCUT2D eigenvalue weighted by atomic mass is 19.1. The molecule has 15 heavy (non-hydrogen) atoms. The predicted molar refractivity (Wildman–Crippen MR) is 54.7 cm³/mol. The van der Waals surface area contributed by atoms with E-state index < -0.39 is 0 Å². The van der Waals surface area contributed by atoms with Crippen molar-refractivity contribution in [2.24, 2.45) is 0 Å². The van der Waals surface area contributed by atoms with Crippen molar-refractivity contribution in [2.45, 2.75) is 19.5 Å². The van der Waals surface area contributed by atoms with E-state index >= 15 is 0 Å². The van der Waals surface area contributed by atoms with Crippen LogP contribution in [0, 0.1) is 5.82 Å². The summed E-state index contributed by atoms with van der Waals surface area (Å²) in [6.07, 6.45) is 0. The van der Waals surface area contributed by atoms with E-state index in [1.807, 2.05) is 0 Å². The third-order valence-electron chi connectivity index (χ3n) is 2.08. The molecule has 0 aromatic heterocycles. The Bertz CT molecular complexity index is 324. The van der Waals surface area contributed by atoms with E-state index in [4.69, 9.17) is 0 Å². The molecule has 0 bridgehead atoms. The molecular formula is C11H14FNO2. The smallest absolute Gasteiger partial charge is 0.322 e. The van der Waals surface area contributed by atoms with Crippen molar-refractivity contribution < 1.29 is 13.9 Å². The lowest BCUT2D eigenvalue weighted by molar-refractivity contribution is -0.142. The zero-order chi connectivity index (χ0) is 11.3. The number of carbonyl (C=O) groups excluding carboxylic acids is 1. The minimum atomic E-state index is -0.361. The lowest BCUT2D eigenvalue weighted by Crippen LogP contribution is -2.34. The van der Waals surface area contributed by atoms with Gasteiger partial charge in [-0.3, -0.25) is 4.79 Å². The lowest BCUT2D eigenvalue weighted by Gasteiger charge is -2.11. The molecule has 0 spiro atoms. The molecule has 1 atom stereocenters. The topological polar surface area (TPSA) is 38.3 Å². The minimum absolute atomic E-state index is 0.264. The summed E-state index contributed by atoms with van der Waals surface area (Å²) < 4.78 is 17.1. The molecule has 0 saturated carbocycles. The molecule has 1 aromatic rings. The standard InChI is InChI=1S/C11H14FNO2/c1-8(11(14)15-2)13-7-9-3-5-10(12)6-4-9/h3-6,8,13H,7H2,1-2H3/t8-/m0/s1. The molecule has 0 aliphatic rings. The normalized spacial score (nSPS) is 12.2. The minimum Gasteiger partial charge on any atom is -0.468 e. The van der Waals surface area contributed by atoms with E-state index in [9.17, 15) is 9.18 Å². The van der Waals surface area contributed by atoms with E-state index in [1.165, 1.54) is 19.2 Å². The van der Waals surface area contributed by atoms with E-state index in [1.54, 1.807) is 19.1 Å². The third kappa shape index (κ3) is 3.67. The first-order valence-electron chi connectivity index (χ1n) is 4.69. The van der Waals surface area contributed by atoms with Crippen LogP contribution in [0.3, 0.4) is 0 Å². The number of carbonyl (C=O) groups is 1. The Morgan fingerprint density at radius 1 is 1.47 bits per heavy atom. The maximum absolute atomic E-state index is 12.6. The van der Waals surface area contributed by atoms with Gasteiger partial charge in [0.15, 0.2) is 0 Å². The van der Waals surface area contributed by atoms with Crippen LogP contribution in [0.15, 0.2) is 24.3 Å². The number of ether oxygens (including phenoxy) is 1. The molecule has 82 valence electrons. The summed E-state index contributed by atoms with van der Waals surface area (Å²) in [7, 11) is 1.35. The quantitative estimate of drug-likeness (QED) is 0.766. The fourth-order valence-corrected chi connectivity index (χ4v) is 1.13. The number of rotatable bonds is 4. The summed E-state index contributed by atoms with van der Waals surface area (Å²) in [4.78, 5) is 11.0. The van der Waals surface area contributed by atoms with Crippen LogP contribution in [-0.2, 0) is 16.1 Å². The molecule has 0 aliphatic heterocycles. The van der Waals surface area contributed by atoms with Crippen molar-refractivity contribution in [3.63, 3.8) is 0 Å². The number of nitrogens with one attached hydrogen (secondary N) is 1. The van der Waals surface area contributed by atoms with Gasteiger partial charge in [-0.1, -0.05) is 12.1 Å². The van der Waals surface area contributed by atoms with Gasteiger partial charge >= 0.3 is 5.97 Å². The molecule has 4 heteroatoms. The van der Waals surface area contributed by atoms with Gasteiger partial charge in [0.05, 0.1) is 7.11 Å². The summed E-state index contributed by atoms with van der Waals surface area (Å²) >= 11 is 0. The molecule has 0 unspecified atom stereocenters. The Hall–Kier alpha value is -1.42. The molecule has 3 nitrogen and oxygen atoms in total. The number of benzene rings is 1. The summed E-state index contributed by atoms with van der Waals surface area (Å²) in [5.41, 5.74) is 0.923. The van der Waals surface area contributed by atoms with Crippen molar-refractivity contribution in [3.8, 4) is 0 Å². The van der Waals surface area contributed by atoms with Gasteiger partial charge < -0.3 is 10.1 Å². The molecule has 0 heterocycles. The van der Waals surface area contributed by atoms with Gasteiger partial charge in [0.2, 0.25) is 0 Å². The van der Waals surface area contributed by atoms with Crippen LogP contribution in [0.4, 0.5) is 4.39 Å². The van der Waals surface area contributed by atoms with E-state index in [-0.39, 0.29) is 17.8 Å². The highest BCUT2D eigenvalue weighted by molar-refractivity contribution is 5.75. The van der Waals surface area contributed by atoms with Crippen LogP contribution < -0.4 is 5.32 Å². The fraction of sp³-hybridized carbons (Fsp3) is 0.364. The fourth-order valence-electron chi connectivity index (χ4n) is 1.13. The van der Waals surface area contributed by atoms with Gasteiger partial charge in [0.1, 0.15) is 11.9 Å². The van der Waals surface area contributed by atoms with Crippen molar-refractivity contribution >= 4 is 5.97 Å². The van der Waals surface area contributed by atoms with Crippen LogP contribution in [-0.4, -0.2) is 19.1 Å². The first kappa shape index (κ1) is 11.7. The zero-order valence-corrected chi connectivity index (χ0v) is 8.79. The van der Waals surface area contributed by atoms with Gasteiger partial charge in [-0.15, -0.1) is 0 Å². The van der Waals surface area contributed by atoms with Gasteiger partial charge in [0.25, 0.3) is 0 Å². The Kier molecular flexibility index (Phi) is 4.24. The van der Waals surface area contributed by atoms with Crippen molar-refractivity contribution in [1.82, 2.24) is 5.32 Å². The maximum atomic E-state index is 12.6. The van der Waals surface area contributed by atoms with Crippen molar-refractivity contribution in [1.29, 1.82) is 0 Å². The van der Waals surface area contributed by atoms with Crippen LogP contribution >= 0.6 is 0 Å². The zero-order valence-electron chi connectivity index (χ0n) is 8.79. The summed E-state index contributed by atoms with van der Waals surface area (Å²) in [6.45, 7) is 2.23. The summed E-state index contributed by atoms with van der Waals surface area (Å²) in [6, 6.07) is 5.76. The van der Waals surface area contributed by atoms with Crippen molar-refractivity contribution in [3.05, 3.63) is 35.6 Å². The first-order chi connectivity index (χ1) is 7.13. The Balaban J connectivity index is 2.43. The van der Waals surface area contributed by atoms with Crippen LogP contribution in [0.1, 0.15) is 12.5 Å². The van der Waals surface area contributed by atoms with E-state index in [0.29, 0.717) is 6.54 Å². The maximum Gasteiger partial charge on any atom is 0.322 e. The van der Waals surface area contributed by atoms with Gasteiger partial charge in [-0.2, -0.15) is 0 Å². The second-order valence-electron chi connectivity index (χ2n) is 3.25. The summed E-state index contributed by atoms with van der Waals surface area (Å²) in [5.74, 6) is -0.572. The number of hydrogen-bond acceptors (Lipinski definition) is 3. The van der Waals surface area contributed by atoms with Gasteiger partial charge in [-0.05, 0) is 24.6 Å². The first-order valence-corrected chi connectivity index (χ1v) is 4.69. The van der Waals surface area contributed by atoms with E-state index in [2.05, 4.69) is 10.1 Å². The predicted octanol–water partition coefficient (Wildman–Crippen LogP) is 1.48. The second kappa shape index (κ2) is 5.46.